The third kappa shape index (κ3) is 3.85. The molecular formula is C18H12Cl2N2O2. The van der Waals surface area contributed by atoms with Crippen molar-refractivity contribution in [3.05, 3.63) is 82.0 Å². The van der Waals surface area contributed by atoms with E-state index in [1.165, 1.54) is 6.21 Å². The molecule has 0 atom stereocenters. The second-order valence-corrected chi connectivity index (χ2v) is 5.73. The number of carbonyl (C=O) groups is 1. The minimum atomic E-state index is -0.390. The van der Waals surface area contributed by atoms with Crippen LogP contribution in [-0.4, -0.2) is 12.1 Å². The summed E-state index contributed by atoms with van der Waals surface area (Å²) in [5, 5.41) is 4.88. The van der Waals surface area contributed by atoms with Crippen LogP contribution in [-0.2, 0) is 0 Å². The second kappa shape index (κ2) is 7.34. The number of nitrogens with zero attached hydrogens (tertiary/aromatic N) is 1. The van der Waals surface area contributed by atoms with E-state index in [1.807, 2.05) is 18.2 Å². The van der Waals surface area contributed by atoms with Crippen molar-refractivity contribution in [2.75, 3.05) is 0 Å². The second-order valence-electron chi connectivity index (χ2n) is 4.89. The molecule has 0 saturated carbocycles. The first-order valence-corrected chi connectivity index (χ1v) is 7.83. The van der Waals surface area contributed by atoms with E-state index in [2.05, 4.69) is 10.5 Å². The Kier molecular flexibility index (Phi) is 4.99. The standard InChI is InChI=1S/C18H12Cl2N2O2/c19-13-5-3-4-12(10-13)17-9-8-14(24-17)11-21-22-18(23)15-6-1-2-7-16(15)20/h1-11H,(H,22,23)/b21-11-. The van der Waals surface area contributed by atoms with Gasteiger partial charge in [0.2, 0.25) is 0 Å². The van der Waals surface area contributed by atoms with Crippen LogP contribution in [0.1, 0.15) is 16.1 Å². The van der Waals surface area contributed by atoms with Gasteiger partial charge in [0.1, 0.15) is 11.5 Å². The molecule has 6 heteroatoms. The number of rotatable bonds is 4. The predicted molar refractivity (Wildman–Crippen MR) is 95.7 cm³/mol. The SMILES string of the molecule is O=C(N/N=C\c1ccc(-c2cccc(Cl)c2)o1)c1ccccc1Cl. The number of furan rings is 1. The van der Waals surface area contributed by atoms with Gasteiger partial charge >= 0.3 is 0 Å². The molecule has 1 heterocycles. The van der Waals surface area contributed by atoms with Gasteiger partial charge in [-0.15, -0.1) is 0 Å². The largest absolute Gasteiger partial charge is 0.455 e. The van der Waals surface area contributed by atoms with Crippen LogP contribution in [0.25, 0.3) is 11.3 Å². The number of benzene rings is 2. The molecular weight excluding hydrogens is 347 g/mol. The van der Waals surface area contributed by atoms with Gasteiger partial charge in [-0.3, -0.25) is 4.79 Å². The summed E-state index contributed by atoms with van der Waals surface area (Å²) in [6.45, 7) is 0. The summed E-state index contributed by atoms with van der Waals surface area (Å²) >= 11 is 11.9. The van der Waals surface area contributed by atoms with E-state index in [4.69, 9.17) is 27.6 Å². The molecule has 120 valence electrons. The zero-order valence-corrected chi connectivity index (χ0v) is 13.9. The first-order valence-electron chi connectivity index (χ1n) is 7.07. The summed E-state index contributed by atoms with van der Waals surface area (Å²) in [6.07, 6.45) is 1.42. The average molecular weight is 359 g/mol. The van der Waals surface area contributed by atoms with Gasteiger partial charge < -0.3 is 4.42 Å². The van der Waals surface area contributed by atoms with Gasteiger partial charge in [0, 0.05) is 10.6 Å². The molecule has 0 unspecified atom stereocenters. The normalized spacial score (nSPS) is 10.9. The highest BCUT2D eigenvalue weighted by atomic mass is 35.5. The molecule has 0 aliphatic carbocycles. The Morgan fingerprint density at radius 1 is 1.04 bits per heavy atom. The minimum Gasteiger partial charge on any atom is -0.455 e. The van der Waals surface area contributed by atoms with Crippen molar-refractivity contribution in [2.45, 2.75) is 0 Å². The molecule has 4 nitrogen and oxygen atoms in total. The third-order valence-electron chi connectivity index (χ3n) is 3.21. The van der Waals surface area contributed by atoms with Gasteiger partial charge in [-0.25, -0.2) is 5.43 Å². The first kappa shape index (κ1) is 16.3. The lowest BCUT2D eigenvalue weighted by atomic mass is 10.2. The van der Waals surface area contributed by atoms with Crippen molar-refractivity contribution in [1.82, 2.24) is 5.43 Å². The fraction of sp³-hybridized carbons (Fsp3) is 0. The minimum absolute atomic E-state index is 0.357. The molecule has 1 amide bonds. The molecule has 0 aliphatic heterocycles. The number of carbonyl (C=O) groups excluding carboxylic acids is 1. The quantitative estimate of drug-likeness (QED) is 0.525. The van der Waals surface area contributed by atoms with Crippen LogP contribution in [0.5, 0.6) is 0 Å². The molecule has 2 aromatic carbocycles. The Labute approximate surface area is 148 Å². The van der Waals surface area contributed by atoms with E-state index < -0.39 is 5.91 Å². The molecule has 1 N–H and O–H groups in total. The number of nitrogens with one attached hydrogen (secondary N) is 1. The van der Waals surface area contributed by atoms with Crippen molar-refractivity contribution in [2.24, 2.45) is 5.10 Å². The van der Waals surface area contributed by atoms with E-state index in [9.17, 15) is 4.79 Å². The van der Waals surface area contributed by atoms with Gasteiger partial charge in [0.05, 0.1) is 16.8 Å². The van der Waals surface area contributed by atoms with Gasteiger partial charge in [0.15, 0.2) is 0 Å². The summed E-state index contributed by atoms with van der Waals surface area (Å²) in [5.41, 5.74) is 3.63. The highest BCUT2D eigenvalue weighted by Gasteiger charge is 2.08. The average Bonchev–Trinajstić information content (AvgIpc) is 3.04. The van der Waals surface area contributed by atoms with Crippen molar-refractivity contribution < 1.29 is 9.21 Å². The maximum absolute atomic E-state index is 12.0. The Balaban J connectivity index is 1.68. The number of hydrogen-bond donors (Lipinski definition) is 1. The fourth-order valence-electron chi connectivity index (χ4n) is 2.08. The highest BCUT2D eigenvalue weighted by Crippen LogP contribution is 2.24. The number of hydrogen-bond acceptors (Lipinski definition) is 3. The molecule has 0 spiro atoms. The van der Waals surface area contributed by atoms with Gasteiger partial charge in [-0.05, 0) is 36.4 Å². The summed E-state index contributed by atoms with van der Waals surface area (Å²) in [5.74, 6) is 0.777. The van der Waals surface area contributed by atoms with Gasteiger partial charge in [0.25, 0.3) is 5.91 Å². The van der Waals surface area contributed by atoms with Gasteiger partial charge in [-0.2, -0.15) is 5.10 Å². The molecule has 0 bridgehead atoms. The van der Waals surface area contributed by atoms with E-state index in [1.54, 1.807) is 42.5 Å². The topological polar surface area (TPSA) is 54.6 Å². The molecule has 1 aromatic heterocycles. The summed E-state index contributed by atoms with van der Waals surface area (Å²) < 4.78 is 5.65. The van der Waals surface area contributed by atoms with E-state index in [0.29, 0.717) is 27.1 Å². The van der Waals surface area contributed by atoms with Crippen LogP contribution in [0, 0.1) is 0 Å². The maximum Gasteiger partial charge on any atom is 0.272 e. The predicted octanol–water partition coefficient (Wildman–Crippen LogP) is 5.02. The third-order valence-corrected chi connectivity index (χ3v) is 3.78. The Morgan fingerprint density at radius 2 is 1.88 bits per heavy atom. The lowest BCUT2D eigenvalue weighted by molar-refractivity contribution is 0.0955. The fourth-order valence-corrected chi connectivity index (χ4v) is 2.49. The van der Waals surface area contributed by atoms with Crippen LogP contribution in [0.2, 0.25) is 10.0 Å². The molecule has 24 heavy (non-hydrogen) atoms. The van der Waals surface area contributed by atoms with Crippen LogP contribution in [0.15, 0.2) is 70.2 Å². The molecule has 0 radical (unpaired) electrons. The van der Waals surface area contributed by atoms with Crippen LogP contribution < -0.4 is 5.43 Å². The Hall–Kier alpha value is -2.56. The molecule has 3 aromatic rings. The Bertz CT molecular complexity index is 903. The number of halogens is 2. The maximum atomic E-state index is 12.0. The molecule has 0 fully saturated rings. The van der Waals surface area contributed by atoms with Crippen molar-refractivity contribution >= 4 is 35.3 Å². The molecule has 3 rings (SSSR count). The monoisotopic (exact) mass is 358 g/mol. The summed E-state index contributed by atoms with van der Waals surface area (Å²) in [4.78, 5) is 12.0. The van der Waals surface area contributed by atoms with Crippen LogP contribution in [0.3, 0.4) is 0 Å². The Morgan fingerprint density at radius 3 is 2.67 bits per heavy atom. The highest BCUT2D eigenvalue weighted by molar-refractivity contribution is 6.33. The number of amides is 1. The first-order chi connectivity index (χ1) is 11.6. The van der Waals surface area contributed by atoms with Crippen molar-refractivity contribution in [1.29, 1.82) is 0 Å². The van der Waals surface area contributed by atoms with Crippen molar-refractivity contribution in [3.63, 3.8) is 0 Å². The smallest absolute Gasteiger partial charge is 0.272 e. The van der Waals surface area contributed by atoms with Crippen molar-refractivity contribution in [3.8, 4) is 11.3 Å². The van der Waals surface area contributed by atoms with Crippen LogP contribution >= 0.6 is 23.2 Å². The van der Waals surface area contributed by atoms with E-state index >= 15 is 0 Å². The van der Waals surface area contributed by atoms with Crippen LogP contribution in [0.4, 0.5) is 0 Å². The molecule has 0 saturated heterocycles. The lowest BCUT2D eigenvalue weighted by Crippen LogP contribution is -2.17. The number of hydrazone groups is 1. The summed E-state index contributed by atoms with van der Waals surface area (Å²) in [7, 11) is 0. The molecule has 0 aliphatic rings. The lowest BCUT2D eigenvalue weighted by Gasteiger charge is -2.01. The van der Waals surface area contributed by atoms with Gasteiger partial charge in [-0.1, -0.05) is 47.5 Å². The summed E-state index contributed by atoms with van der Waals surface area (Å²) in [6, 6.07) is 17.6. The van der Waals surface area contributed by atoms with E-state index in [-0.39, 0.29) is 0 Å². The zero-order valence-electron chi connectivity index (χ0n) is 12.4. The zero-order chi connectivity index (χ0) is 16.9. The van der Waals surface area contributed by atoms with E-state index in [0.717, 1.165) is 5.56 Å².